The highest BCUT2D eigenvalue weighted by Crippen LogP contribution is 2.51. The van der Waals surface area contributed by atoms with Gasteiger partial charge in [0.1, 0.15) is 18.1 Å². The molecule has 0 saturated carbocycles. The number of hydrogen-bond acceptors (Lipinski definition) is 9. The molecule has 0 aliphatic carbocycles. The van der Waals surface area contributed by atoms with E-state index in [1.54, 1.807) is 54.6 Å². The molecule has 0 aliphatic rings. The number of benzene rings is 6. The van der Waals surface area contributed by atoms with Crippen molar-refractivity contribution in [1.29, 1.82) is 0 Å². The smallest absolute Gasteiger partial charge is 0.435 e. The Hall–Kier alpha value is -5.48. The van der Waals surface area contributed by atoms with Gasteiger partial charge in [0.25, 0.3) is 0 Å². The molecular weight excluding hydrogens is 708 g/mol. The minimum atomic E-state index is -4.18. The summed E-state index contributed by atoms with van der Waals surface area (Å²) in [5.74, 6) is -0.457. The topological polar surface area (TPSA) is 130 Å². The molecule has 6 rings (SSSR count). The van der Waals surface area contributed by atoms with Crippen molar-refractivity contribution in [2.45, 2.75) is 32.4 Å². The molecule has 0 spiro atoms. The number of sulfone groups is 2. The fourth-order valence-corrected chi connectivity index (χ4v) is 9.32. The summed E-state index contributed by atoms with van der Waals surface area (Å²) >= 11 is 0. The molecule has 0 radical (unpaired) electrons. The molecule has 0 unspecified atom stereocenters. The molecule has 0 aromatic heterocycles. The Labute approximate surface area is 296 Å². The van der Waals surface area contributed by atoms with Gasteiger partial charge < -0.3 is 13.8 Å². The summed E-state index contributed by atoms with van der Waals surface area (Å²) in [5, 5.41) is 0. The molecule has 6 aromatic rings. The van der Waals surface area contributed by atoms with Gasteiger partial charge in [0, 0.05) is 0 Å². The molecule has 0 N–H and O–H groups in total. The Kier molecular flexibility index (Phi) is 10.5. The first-order valence-corrected chi connectivity index (χ1v) is 20.3. The van der Waals surface area contributed by atoms with Gasteiger partial charge in [-0.25, -0.2) is 26.2 Å². The van der Waals surface area contributed by atoms with E-state index < -0.39 is 33.2 Å². The number of carbonyl (C=O) groups is 1. The maximum Gasteiger partial charge on any atom is 0.435 e. The van der Waals surface area contributed by atoms with Crippen molar-refractivity contribution in [3.05, 3.63) is 180 Å². The van der Waals surface area contributed by atoms with Crippen LogP contribution in [0.4, 0.5) is 0 Å². The number of rotatable bonds is 13. The van der Waals surface area contributed by atoms with E-state index in [1.165, 1.54) is 78.9 Å². The minimum Gasteiger partial charge on any atom is -0.457 e. The van der Waals surface area contributed by atoms with Crippen molar-refractivity contribution in [2.24, 2.45) is 0 Å². The van der Waals surface area contributed by atoms with Gasteiger partial charge in [-0.1, -0.05) is 78.9 Å². The lowest BCUT2D eigenvalue weighted by Crippen LogP contribution is -2.08. The van der Waals surface area contributed by atoms with Gasteiger partial charge in [0.15, 0.2) is 0 Å². The second-order valence-electron chi connectivity index (χ2n) is 11.3. The van der Waals surface area contributed by atoms with Gasteiger partial charge >= 0.3 is 13.6 Å². The lowest BCUT2D eigenvalue weighted by Gasteiger charge is -2.21. The molecule has 6 aromatic carbocycles. The lowest BCUT2D eigenvalue weighted by molar-refractivity contribution is 0.0472. The standard InChI is InChI=1S/C39H31O9PS2/c40-39(46-28-30-11-4-1-5-12-30)32-14-10-13-31(27-32)29-49(41,47-33-19-23-37(24-20-33)50(42,43)35-15-6-2-7-16-35)48-34-21-25-38(26-22-34)51(44,45)36-17-8-3-9-18-36/h1-27H,28-29H2. The Balaban J connectivity index is 1.26. The predicted octanol–water partition coefficient (Wildman–Crippen LogP) is 8.56. The third kappa shape index (κ3) is 8.64. The van der Waals surface area contributed by atoms with Crippen LogP contribution in [0.15, 0.2) is 183 Å². The molecule has 0 bridgehead atoms. The summed E-state index contributed by atoms with van der Waals surface area (Å²) < 4.78 is 84.4. The molecule has 258 valence electrons. The third-order valence-electron chi connectivity index (χ3n) is 7.62. The Bertz CT molecular complexity index is 2270. The molecule has 0 atom stereocenters. The second-order valence-corrected chi connectivity index (χ2v) is 17.1. The molecule has 51 heavy (non-hydrogen) atoms. The van der Waals surface area contributed by atoms with Crippen LogP contribution >= 0.6 is 7.60 Å². The fraction of sp³-hybridized carbons (Fsp3) is 0.0513. The van der Waals surface area contributed by atoms with Crippen LogP contribution in [-0.4, -0.2) is 22.8 Å². The zero-order valence-corrected chi connectivity index (χ0v) is 29.5. The van der Waals surface area contributed by atoms with E-state index in [0.29, 0.717) is 5.56 Å². The quantitative estimate of drug-likeness (QED) is 0.0845. The molecule has 0 heterocycles. The first-order chi connectivity index (χ1) is 24.5. The van der Waals surface area contributed by atoms with Gasteiger partial charge in [-0.05, 0) is 96.1 Å². The van der Waals surface area contributed by atoms with Gasteiger partial charge in [-0.2, -0.15) is 0 Å². The maximum absolute atomic E-state index is 14.5. The van der Waals surface area contributed by atoms with E-state index in [-0.39, 0.29) is 49.4 Å². The lowest BCUT2D eigenvalue weighted by atomic mass is 10.1. The number of hydrogen-bond donors (Lipinski definition) is 0. The second kappa shape index (κ2) is 15.2. The van der Waals surface area contributed by atoms with Crippen LogP contribution in [0.5, 0.6) is 11.5 Å². The van der Waals surface area contributed by atoms with Crippen molar-refractivity contribution in [3.63, 3.8) is 0 Å². The van der Waals surface area contributed by atoms with Gasteiger partial charge in [-0.15, -0.1) is 0 Å². The van der Waals surface area contributed by atoms with Crippen LogP contribution in [0.1, 0.15) is 21.5 Å². The molecule has 0 saturated heterocycles. The summed E-state index contributed by atoms with van der Waals surface area (Å²) in [6, 6.07) is 42.3. The van der Waals surface area contributed by atoms with E-state index >= 15 is 0 Å². The zero-order valence-electron chi connectivity index (χ0n) is 26.9. The van der Waals surface area contributed by atoms with Crippen LogP contribution in [0.25, 0.3) is 0 Å². The summed E-state index contributed by atoms with van der Waals surface area (Å²) in [6.45, 7) is 0.0700. The van der Waals surface area contributed by atoms with Crippen LogP contribution in [-0.2, 0) is 41.7 Å². The van der Waals surface area contributed by atoms with E-state index in [1.807, 2.05) is 30.3 Å². The molecule has 9 nitrogen and oxygen atoms in total. The van der Waals surface area contributed by atoms with Crippen molar-refractivity contribution in [2.75, 3.05) is 0 Å². The number of ether oxygens (including phenoxy) is 1. The molecule has 0 fully saturated rings. The van der Waals surface area contributed by atoms with Crippen LogP contribution in [0.2, 0.25) is 0 Å². The zero-order chi connectivity index (χ0) is 35.9. The largest absolute Gasteiger partial charge is 0.457 e. The first-order valence-electron chi connectivity index (χ1n) is 15.6. The first kappa shape index (κ1) is 35.3. The maximum atomic E-state index is 14.5. The highest BCUT2D eigenvalue weighted by Gasteiger charge is 2.30. The highest BCUT2D eigenvalue weighted by atomic mass is 32.2. The van der Waals surface area contributed by atoms with Crippen molar-refractivity contribution in [1.82, 2.24) is 0 Å². The van der Waals surface area contributed by atoms with Crippen molar-refractivity contribution in [3.8, 4) is 11.5 Å². The number of esters is 1. The molecule has 12 heteroatoms. The van der Waals surface area contributed by atoms with Crippen LogP contribution in [0.3, 0.4) is 0 Å². The summed E-state index contributed by atoms with van der Waals surface area (Å²) in [4.78, 5) is 13.1. The predicted molar refractivity (Wildman–Crippen MR) is 191 cm³/mol. The van der Waals surface area contributed by atoms with E-state index in [2.05, 4.69) is 0 Å². The fourth-order valence-electron chi connectivity index (χ4n) is 5.06. The third-order valence-corrected chi connectivity index (χ3v) is 12.9. The summed E-state index contributed by atoms with van der Waals surface area (Å²) in [6.07, 6.45) is -0.305. The van der Waals surface area contributed by atoms with Crippen molar-refractivity contribution < 1.29 is 40.0 Å². The Morgan fingerprint density at radius 3 is 1.37 bits per heavy atom. The normalized spacial score (nSPS) is 11.8. The van der Waals surface area contributed by atoms with Crippen LogP contribution in [0, 0.1) is 0 Å². The van der Waals surface area contributed by atoms with E-state index in [9.17, 15) is 26.2 Å². The Morgan fingerprint density at radius 1 is 0.490 bits per heavy atom. The monoisotopic (exact) mass is 738 g/mol. The average molecular weight is 739 g/mol. The minimum absolute atomic E-state index is 0.00808. The molecule has 0 aliphatic heterocycles. The van der Waals surface area contributed by atoms with Gasteiger partial charge in [0.05, 0.1) is 31.3 Å². The van der Waals surface area contributed by atoms with E-state index in [0.717, 1.165) is 5.56 Å². The highest BCUT2D eigenvalue weighted by molar-refractivity contribution is 7.91. The van der Waals surface area contributed by atoms with Gasteiger partial charge in [0.2, 0.25) is 19.7 Å². The average Bonchev–Trinajstić information content (AvgIpc) is 3.15. The molecular formula is C39H31O9PS2. The van der Waals surface area contributed by atoms with E-state index in [4.69, 9.17) is 13.8 Å². The van der Waals surface area contributed by atoms with Gasteiger partial charge in [-0.3, -0.25) is 0 Å². The summed E-state index contributed by atoms with van der Waals surface area (Å²) in [7, 11) is -11.8. The Morgan fingerprint density at radius 2 is 0.902 bits per heavy atom. The molecule has 0 amide bonds. The SMILES string of the molecule is O=C(OCc1ccccc1)c1cccc(CP(=O)(Oc2ccc(S(=O)(=O)c3ccccc3)cc2)Oc2ccc(S(=O)(=O)c3ccccc3)cc2)c1. The number of carbonyl (C=O) groups excluding carboxylic acids is 1. The van der Waals surface area contributed by atoms with Crippen molar-refractivity contribution >= 4 is 33.2 Å². The van der Waals surface area contributed by atoms with Crippen LogP contribution < -0.4 is 9.05 Å². The summed E-state index contributed by atoms with van der Waals surface area (Å²) in [5.41, 5.74) is 1.47.